The van der Waals surface area contributed by atoms with Gasteiger partial charge in [0.1, 0.15) is 11.5 Å². The maximum atomic E-state index is 12.0. The molecule has 0 atom stereocenters. The molecule has 7 heteroatoms. The SMILES string of the molecule is N#Cc1ccnc(N2CCC(NC(=O)c3cscn3)CC2)c1. The van der Waals surface area contributed by atoms with Gasteiger partial charge in [0.2, 0.25) is 0 Å². The fourth-order valence-electron chi connectivity index (χ4n) is 2.50. The number of nitrogens with one attached hydrogen (secondary N) is 1. The molecule has 3 heterocycles. The highest BCUT2D eigenvalue weighted by molar-refractivity contribution is 7.07. The van der Waals surface area contributed by atoms with E-state index in [1.807, 2.05) is 0 Å². The fourth-order valence-corrected chi connectivity index (χ4v) is 3.03. The summed E-state index contributed by atoms with van der Waals surface area (Å²) in [5.74, 6) is 0.715. The second-order valence-electron chi connectivity index (χ2n) is 5.12. The summed E-state index contributed by atoms with van der Waals surface area (Å²) in [5.41, 5.74) is 2.76. The zero-order valence-electron chi connectivity index (χ0n) is 11.9. The standard InChI is InChI=1S/C15H15N5OS/c16-8-11-1-4-17-14(7-11)20-5-2-12(3-6-20)19-15(21)13-9-22-10-18-13/h1,4,7,9-10,12H,2-3,5-6H2,(H,19,21). The van der Waals surface area contributed by atoms with E-state index in [0.717, 1.165) is 31.7 Å². The summed E-state index contributed by atoms with van der Waals surface area (Å²) in [6, 6.07) is 5.78. The molecular weight excluding hydrogens is 298 g/mol. The van der Waals surface area contributed by atoms with Crippen molar-refractivity contribution >= 4 is 23.1 Å². The quantitative estimate of drug-likeness (QED) is 0.934. The van der Waals surface area contributed by atoms with Crippen LogP contribution in [-0.2, 0) is 0 Å². The summed E-state index contributed by atoms with van der Waals surface area (Å²) < 4.78 is 0. The van der Waals surface area contributed by atoms with Crippen LogP contribution in [0.25, 0.3) is 0 Å². The van der Waals surface area contributed by atoms with Crippen LogP contribution in [0.2, 0.25) is 0 Å². The number of thiazole rings is 1. The van der Waals surface area contributed by atoms with Crippen molar-refractivity contribution in [3.05, 3.63) is 40.5 Å². The van der Waals surface area contributed by atoms with Gasteiger partial charge in [-0.15, -0.1) is 11.3 Å². The Morgan fingerprint density at radius 3 is 2.91 bits per heavy atom. The first-order valence-electron chi connectivity index (χ1n) is 7.06. The van der Waals surface area contributed by atoms with Crippen molar-refractivity contribution in [1.82, 2.24) is 15.3 Å². The summed E-state index contributed by atoms with van der Waals surface area (Å²) >= 11 is 1.42. The number of amides is 1. The van der Waals surface area contributed by atoms with Crippen molar-refractivity contribution in [2.75, 3.05) is 18.0 Å². The molecule has 2 aromatic heterocycles. The van der Waals surface area contributed by atoms with Gasteiger partial charge >= 0.3 is 0 Å². The van der Waals surface area contributed by atoms with Crippen LogP contribution in [0.15, 0.2) is 29.2 Å². The predicted molar refractivity (Wildman–Crippen MR) is 83.8 cm³/mol. The molecule has 1 fully saturated rings. The number of rotatable bonds is 3. The molecule has 3 rings (SSSR count). The Kier molecular flexibility index (Phi) is 4.30. The molecule has 1 amide bonds. The minimum Gasteiger partial charge on any atom is -0.356 e. The van der Waals surface area contributed by atoms with E-state index in [0.29, 0.717) is 11.3 Å². The number of carbonyl (C=O) groups excluding carboxylic acids is 1. The van der Waals surface area contributed by atoms with E-state index in [2.05, 4.69) is 26.3 Å². The molecule has 0 unspecified atom stereocenters. The largest absolute Gasteiger partial charge is 0.356 e. The Morgan fingerprint density at radius 1 is 1.41 bits per heavy atom. The summed E-state index contributed by atoms with van der Waals surface area (Å²) in [6.45, 7) is 1.62. The van der Waals surface area contributed by atoms with E-state index in [1.165, 1.54) is 11.3 Å². The highest BCUT2D eigenvalue weighted by Crippen LogP contribution is 2.19. The Morgan fingerprint density at radius 2 is 2.23 bits per heavy atom. The third kappa shape index (κ3) is 3.23. The monoisotopic (exact) mass is 313 g/mol. The molecule has 2 aromatic rings. The van der Waals surface area contributed by atoms with Gasteiger partial charge in [-0.1, -0.05) is 0 Å². The van der Waals surface area contributed by atoms with E-state index < -0.39 is 0 Å². The van der Waals surface area contributed by atoms with Gasteiger partial charge < -0.3 is 10.2 Å². The van der Waals surface area contributed by atoms with Gasteiger partial charge in [0.05, 0.1) is 17.1 Å². The number of carbonyl (C=O) groups is 1. The zero-order chi connectivity index (χ0) is 15.4. The van der Waals surface area contributed by atoms with Crippen LogP contribution in [0.3, 0.4) is 0 Å². The van der Waals surface area contributed by atoms with Crippen LogP contribution in [0.4, 0.5) is 5.82 Å². The van der Waals surface area contributed by atoms with Crippen molar-refractivity contribution in [2.45, 2.75) is 18.9 Å². The van der Waals surface area contributed by atoms with Gasteiger partial charge in [-0.3, -0.25) is 4.79 Å². The Hall–Kier alpha value is -2.46. The number of nitriles is 1. The lowest BCUT2D eigenvalue weighted by atomic mass is 10.0. The van der Waals surface area contributed by atoms with E-state index in [9.17, 15) is 4.79 Å². The van der Waals surface area contributed by atoms with Crippen LogP contribution in [0.5, 0.6) is 0 Å². The molecule has 1 saturated heterocycles. The molecule has 112 valence electrons. The summed E-state index contributed by atoms with van der Waals surface area (Å²) in [7, 11) is 0. The topological polar surface area (TPSA) is 81.9 Å². The van der Waals surface area contributed by atoms with Gasteiger partial charge in [0.15, 0.2) is 0 Å². The molecule has 1 aliphatic rings. The molecule has 0 aromatic carbocycles. The number of aromatic nitrogens is 2. The molecule has 0 saturated carbocycles. The smallest absolute Gasteiger partial charge is 0.270 e. The lowest BCUT2D eigenvalue weighted by molar-refractivity contribution is 0.0926. The summed E-state index contributed by atoms with van der Waals surface area (Å²) in [5, 5.41) is 13.7. The predicted octanol–water partition coefficient (Wildman–Crippen LogP) is 1.81. The van der Waals surface area contributed by atoms with Crippen LogP contribution in [0.1, 0.15) is 28.9 Å². The molecular formula is C15H15N5OS. The van der Waals surface area contributed by atoms with E-state index in [-0.39, 0.29) is 11.9 Å². The van der Waals surface area contributed by atoms with Crippen molar-refractivity contribution in [2.24, 2.45) is 0 Å². The van der Waals surface area contributed by atoms with Crippen LogP contribution < -0.4 is 10.2 Å². The van der Waals surface area contributed by atoms with E-state index in [1.54, 1.807) is 29.2 Å². The van der Waals surface area contributed by atoms with Crippen molar-refractivity contribution < 1.29 is 4.79 Å². The third-order valence-electron chi connectivity index (χ3n) is 3.69. The first-order chi connectivity index (χ1) is 10.8. The molecule has 1 aliphatic heterocycles. The second kappa shape index (κ2) is 6.54. The third-order valence-corrected chi connectivity index (χ3v) is 4.28. The lowest BCUT2D eigenvalue weighted by Gasteiger charge is -2.33. The number of pyridine rings is 1. The molecule has 0 bridgehead atoms. The number of hydrogen-bond acceptors (Lipinski definition) is 6. The minimum absolute atomic E-state index is 0.107. The number of hydrogen-bond donors (Lipinski definition) is 1. The summed E-state index contributed by atoms with van der Waals surface area (Å²) in [6.07, 6.45) is 3.37. The van der Waals surface area contributed by atoms with Crippen molar-refractivity contribution in [3.63, 3.8) is 0 Å². The Balaban J connectivity index is 1.56. The highest BCUT2D eigenvalue weighted by atomic mass is 32.1. The number of anilines is 1. The Bertz CT molecular complexity index is 686. The van der Waals surface area contributed by atoms with Crippen molar-refractivity contribution in [3.8, 4) is 6.07 Å². The first kappa shape index (κ1) is 14.5. The van der Waals surface area contributed by atoms with Crippen molar-refractivity contribution in [1.29, 1.82) is 5.26 Å². The molecule has 0 radical (unpaired) electrons. The Labute approximate surface area is 132 Å². The normalized spacial score (nSPS) is 15.3. The molecule has 0 aliphatic carbocycles. The minimum atomic E-state index is -0.107. The second-order valence-corrected chi connectivity index (χ2v) is 5.84. The van der Waals surface area contributed by atoms with Gasteiger partial charge in [0, 0.05) is 30.7 Å². The van der Waals surface area contributed by atoms with Gasteiger partial charge in [0.25, 0.3) is 5.91 Å². The van der Waals surface area contributed by atoms with Gasteiger partial charge in [-0.2, -0.15) is 5.26 Å². The average Bonchev–Trinajstić information content (AvgIpc) is 3.10. The average molecular weight is 313 g/mol. The molecule has 6 nitrogen and oxygen atoms in total. The maximum absolute atomic E-state index is 12.0. The van der Waals surface area contributed by atoms with Gasteiger partial charge in [-0.05, 0) is 25.0 Å². The van der Waals surface area contributed by atoms with Crippen LogP contribution >= 0.6 is 11.3 Å². The summed E-state index contributed by atoms with van der Waals surface area (Å²) in [4.78, 5) is 22.5. The first-order valence-corrected chi connectivity index (χ1v) is 8.00. The zero-order valence-corrected chi connectivity index (χ0v) is 12.7. The lowest BCUT2D eigenvalue weighted by Crippen LogP contribution is -2.45. The number of nitrogens with zero attached hydrogens (tertiary/aromatic N) is 4. The maximum Gasteiger partial charge on any atom is 0.270 e. The molecule has 0 spiro atoms. The van der Waals surface area contributed by atoms with Crippen LogP contribution in [0, 0.1) is 11.3 Å². The van der Waals surface area contributed by atoms with Crippen LogP contribution in [-0.4, -0.2) is 35.0 Å². The molecule has 22 heavy (non-hydrogen) atoms. The number of piperidine rings is 1. The van der Waals surface area contributed by atoms with E-state index >= 15 is 0 Å². The highest BCUT2D eigenvalue weighted by Gasteiger charge is 2.22. The van der Waals surface area contributed by atoms with E-state index in [4.69, 9.17) is 5.26 Å². The fraction of sp³-hybridized carbons (Fsp3) is 0.333. The molecule has 1 N–H and O–H groups in total. The van der Waals surface area contributed by atoms with Gasteiger partial charge in [-0.25, -0.2) is 9.97 Å².